The van der Waals surface area contributed by atoms with Crippen LogP contribution in [0.25, 0.3) is 11.4 Å². The van der Waals surface area contributed by atoms with Gasteiger partial charge in [-0.3, -0.25) is 0 Å². The Labute approximate surface area is 167 Å². The molecule has 0 amide bonds. The minimum Gasteiger partial charge on any atom is -0.434 e. The van der Waals surface area contributed by atoms with Gasteiger partial charge in [0.1, 0.15) is 5.75 Å². The molecule has 1 heterocycles. The third-order valence-electron chi connectivity index (χ3n) is 3.46. The molecule has 3 rings (SSSR count). The molecule has 0 unspecified atom stereocenters. The largest absolute Gasteiger partial charge is 0.514 e. The van der Waals surface area contributed by atoms with E-state index in [0.29, 0.717) is 0 Å². The quantitative estimate of drug-likeness (QED) is 0.395. The summed E-state index contributed by atoms with van der Waals surface area (Å²) in [6, 6.07) is 7.82. The van der Waals surface area contributed by atoms with Gasteiger partial charge in [-0.2, -0.15) is 4.98 Å². The SMILES string of the molecule is CCOC(=O)Oc1cnc(-c2cc(F)c(F)c(F)c2)nc1Oc1ccccc1Cl. The number of halogens is 4. The van der Waals surface area contributed by atoms with Gasteiger partial charge in [0, 0.05) is 5.56 Å². The van der Waals surface area contributed by atoms with Crippen LogP contribution < -0.4 is 9.47 Å². The number of ether oxygens (including phenoxy) is 3. The number of hydrogen-bond acceptors (Lipinski definition) is 6. The number of para-hydroxylation sites is 1. The van der Waals surface area contributed by atoms with E-state index in [1.165, 1.54) is 6.07 Å². The van der Waals surface area contributed by atoms with Crippen LogP contribution in [-0.4, -0.2) is 22.7 Å². The molecule has 3 aromatic rings. The lowest BCUT2D eigenvalue weighted by Crippen LogP contribution is -2.11. The van der Waals surface area contributed by atoms with Crippen molar-refractivity contribution in [2.75, 3.05) is 6.61 Å². The van der Waals surface area contributed by atoms with Crippen molar-refractivity contribution in [1.82, 2.24) is 9.97 Å². The van der Waals surface area contributed by atoms with Crippen LogP contribution in [0.5, 0.6) is 17.4 Å². The second kappa shape index (κ2) is 8.78. The Balaban J connectivity index is 2.04. The monoisotopic (exact) mass is 424 g/mol. The standard InChI is InChI=1S/C19H12ClF3N2O4/c1-2-27-19(26)29-15-9-24-17(10-7-12(21)16(23)13(22)8-10)25-18(15)28-14-6-4-3-5-11(14)20/h3-9H,2H2,1H3. The van der Waals surface area contributed by atoms with E-state index in [-0.39, 0.29) is 40.4 Å². The van der Waals surface area contributed by atoms with Gasteiger partial charge < -0.3 is 14.2 Å². The van der Waals surface area contributed by atoms with Crippen molar-refractivity contribution < 1.29 is 32.2 Å². The molecule has 2 aromatic carbocycles. The summed E-state index contributed by atoms with van der Waals surface area (Å²) in [5.74, 6) is -4.99. The lowest BCUT2D eigenvalue weighted by Gasteiger charge is -2.12. The zero-order chi connectivity index (χ0) is 21.0. The molecule has 0 aliphatic rings. The van der Waals surface area contributed by atoms with Gasteiger partial charge in [0.25, 0.3) is 5.88 Å². The van der Waals surface area contributed by atoms with Crippen LogP contribution in [0.1, 0.15) is 6.92 Å². The predicted octanol–water partition coefficient (Wildman–Crippen LogP) is 5.54. The molecule has 0 atom stereocenters. The van der Waals surface area contributed by atoms with Crippen molar-refractivity contribution in [3.05, 3.63) is 65.1 Å². The first-order valence-electron chi connectivity index (χ1n) is 8.18. The Hall–Kier alpha value is -3.33. The maximum absolute atomic E-state index is 13.6. The second-order valence-electron chi connectivity index (χ2n) is 5.43. The number of nitrogens with zero attached hydrogens (tertiary/aromatic N) is 2. The maximum atomic E-state index is 13.6. The molecular weight excluding hydrogens is 413 g/mol. The molecule has 0 N–H and O–H groups in total. The number of carbonyl (C=O) groups excluding carboxylic acids is 1. The highest BCUT2D eigenvalue weighted by Crippen LogP contribution is 2.35. The van der Waals surface area contributed by atoms with Gasteiger partial charge in [-0.05, 0) is 31.2 Å². The molecule has 0 saturated carbocycles. The lowest BCUT2D eigenvalue weighted by atomic mass is 10.2. The summed E-state index contributed by atoms with van der Waals surface area (Å²) >= 11 is 6.06. The first kappa shape index (κ1) is 20.4. The first-order valence-corrected chi connectivity index (χ1v) is 8.55. The third-order valence-corrected chi connectivity index (χ3v) is 3.78. The van der Waals surface area contributed by atoms with Gasteiger partial charge in [0.2, 0.25) is 5.75 Å². The number of aromatic nitrogens is 2. The van der Waals surface area contributed by atoms with E-state index in [4.69, 9.17) is 25.8 Å². The van der Waals surface area contributed by atoms with E-state index < -0.39 is 23.6 Å². The molecular formula is C19H12ClF3N2O4. The first-order chi connectivity index (χ1) is 13.9. The second-order valence-corrected chi connectivity index (χ2v) is 5.84. The fourth-order valence-electron chi connectivity index (χ4n) is 2.19. The van der Waals surface area contributed by atoms with Crippen LogP contribution >= 0.6 is 11.6 Å². The van der Waals surface area contributed by atoms with Gasteiger partial charge in [-0.15, -0.1) is 0 Å². The van der Waals surface area contributed by atoms with Crippen molar-refractivity contribution in [1.29, 1.82) is 0 Å². The molecule has 0 radical (unpaired) electrons. The van der Waals surface area contributed by atoms with E-state index in [2.05, 4.69) is 9.97 Å². The summed E-state index contributed by atoms with van der Waals surface area (Å²) in [5.41, 5.74) is -0.159. The van der Waals surface area contributed by atoms with Crippen LogP contribution in [0.15, 0.2) is 42.6 Å². The predicted molar refractivity (Wildman–Crippen MR) is 96.5 cm³/mol. The van der Waals surface area contributed by atoms with Gasteiger partial charge >= 0.3 is 6.16 Å². The Bertz CT molecular complexity index is 1040. The molecule has 0 saturated heterocycles. The Morgan fingerprint density at radius 2 is 1.79 bits per heavy atom. The molecule has 0 aliphatic heterocycles. The average molecular weight is 425 g/mol. The summed E-state index contributed by atoms with van der Waals surface area (Å²) in [4.78, 5) is 19.6. The van der Waals surface area contributed by atoms with Crippen molar-refractivity contribution >= 4 is 17.8 Å². The summed E-state index contributed by atoms with van der Waals surface area (Å²) in [6.45, 7) is 1.65. The highest BCUT2D eigenvalue weighted by molar-refractivity contribution is 6.32. The van der Waals surface area contributed by atoms with Gasteiger partial charge in [-0.1, -0.05) is 23.7 Å². The van der Waals surface area contributed by atoms with Crippen LogP contribution in [0.2, 0.25) is 5.02 Å². The van der Waals surface area contributed by atoms with E-state index in [1.807, 2.05) is 0 Å². The smallest absolute Gasteiger partial charge is 0.434 e. The maximum Gasteiger partial charge on any atom is 0.514 e. The van der Waals surface area contributed by atoms with Crippen LogP contribution in [0, 0.1) is 17.5 Å². The highest BCUT2D eigenvalue weighted by atomic mass is 35.5. The van der Waals surface area contributed by atoms with E-state index in [1.54, 1.807) is 25.1 Å². The summed E-state index contributed by atoms with van der Waals surface area (Å²) in [5, 5.41) is 0.230. The zero-order valence-electron chi connectivity index (χ0n) is 14.8. The summed E-state index contributed by atoms with van der Waals surface area (Å²) in [6.07, 6.45) is 0.0108. The summed E-state index contributed by atoms with van der Waals surface area (Å²) in [7, 11) is 0. The van der Waals surface area contributed by atoms with Crippen LogP contribution in [-0.2, 0) is 4.74 Å². The van der Waals surface area contributed by atoms with Gasteiger partial charge in [0.05, 0.1) is 17.8 Å². The van der Waals surface area contributed by atoms with E-state index in [0.717, 1.165) is 18.3 Å². The molecule has 150 valence electrons. The Kier molecular flexibility index (Phi) is 6.18. The Morgan fingerprint density at radius 1 is 1.10 bits per heavy atom. The van der Waals surface area contributed by atoms with Crippen molar-refractivity contribution in [3.63, 3.8) is 0 Å². The molecule has 29 heavy (non-hydrogen) atoms. The minimum absolute atomic E-state index is 0.0621. The molecule has 10 heteroatoms. The third kappa shape index (κ3) is 4.75. The topological polar surface area (TPSA) is 70.5 Å². The summed E-state index contributed by atoms with van der Waals surface area (Å²) < 4.78 is 55.6. The number of hydrogen-bond donors (Lipinski definition) is 0. The minimum atomic E-state index is -1.62. The molecule has 0 spiro atoms. The van der Waals surface area contributed by atoms with Crippen molar-refractivity contribution in [2.45, 2.75) is 6.92 Å². The van der Waals surface area contributed by atoms with Crippen molar-refractivity contribution in [3.8, 4) is 28.8 Å². The fourth-order valence-corrected chi connectivity index (χ4v) is 2.37. The van der Waals surface area contributed by atoms with Crippen molar-refractivity contribution in [2.24, 2.45) is 0 Å². The fraction of sp³-hybridized carbons (Fsp3) is 0.105. The molecule has 1 aromatic heterocycles. The lowest BCUT2D eigenvalue weighted by molar-refractivity contribution is 0.103. The number of benzene rings is 2. The normalized spacial score (nSPS) is 10.5. The molecule has 0 fully saturated rings. The molecule has 0 bridgehead atoms. The van der Waals surface area contributed by atoms with Gasteiger partial charge in [-0.25, -0.2) is 22.9 Å². The molecule has 0 aliphatic carbocycles. The van der Waals surface area contributed by atoms with E-state index in [9.17, 15) is 18.0 Å². The average Bonchev–Trinajstić information content (AvgIpc) is 2.69. The Morgan fingerprint density at radius 3 is 2.45 bits per heavy atom. The highest BCUT2D eigenvalue weighted by Gasteiger charge is 2.19. The van der Waals surface area contributed by atoms with Crippen LogP contribution in [0.4, 0.5) is 18.0 Å². The van der Waals surface area contributed by atoms with Crippen LogP contribution in [0.3, 0.4) is 0 Å². The van der Waals surface area contributed by atoms with Gasteiger partial charge in [0.15, 0.2) is 23.3 Å². The molecule has 6 nitrogen and oxygen atoms in total. The van der Waals surface area contributed by atoms with E-state index >= 15 is 0 Å². The number of carbonyl (C=O) groups is 1. The zero-order valence-corrected chi connectivity index (χ0v) is 15.5. The number of rotatable bonds is 5.